The Morgan fingerprint density at radius 2 is 2.17 bits per heavy atom. The van der Waals surface area contributed by atoms with E-state index in [0.29, 0.717) is 17.3 Å². The van der Waals surface area contributed by atoms with Crippen LogP contribution in [-0.4, -0.2) is 46.1 Å². The van der Waals surface area contributed by atoms with E-state index >= 15 is 0 Å². The summed E-state index contributed by atoms with van der Waals surface area (Å²) in [6, 6.07) is 3.27. The fourth-order valence-electron chi connectivity index (χ4n) is 2.89. The highest BCUT2D eigenvalue weighted by molar-refractivity contribution is 6.33. The van der Waals surface area contributed by atoms with Crippen molar-refractivity contribution in [2.45, 2.75) is 38.8 Å². The maximum atomic E-state index is 10.8. The first-order chi connectivity index (χ1) is 10.8. The molecular formula is C15H20ClN3O4. The SMILES string of the molecule is CCN(CC(=O)O)C1CC(Nc2c(C)cc([N+](=O)[O-])cc2Cl)C1. The number of carboxylic acid groups (broad SMARTS) is 1. The first-order valence-corrected chi connectivity index (χ1v) is 7.86. The number of likely N-dealkylation sites (N-methyl/N-ethyl adjacent to an activating group) is 1. The van der Waals surface area contributed by atoms with Crippen molar-refractivity contribution in [1.29, 1.82) is 0 Å². The monoisotopic (exact) mass is 341 g/mol. The quantitative estimate of drug-likeness (QED) is 0.584. The molecule has 126 valence electrons. The second kappa shape index (κ2) is 7.14. The van der Waals surface area contributed by atoms with E-state index in [1.54, 1.807) is 6.92 Å². The first kappa shape index (κ1) is 17.5. The van der Waals surface area contributed by atoms with E-state index in [9.17, 15) is 14.9 Å². The van der Waals surface area contributed by atoms with Crippen molar-refractivity contribution in [3.63, 3.8) is 0 Å². The van der Waals surface area contributed by atoms with Crippen molar-refractivity contribution in [2.75, 3.05) is 18.4 Å². The highest BCUT2D eigenvalue weighted by Gasteiger charge is 2.34. The van der Waals surface area contributed by atoms with Crippen LogP contribution in [0.3, 0.4) is 0 Å². The lowest BCUT2D eigenvalue weighted by Crippen LogP contribution is -2.51. The van der Waals surface area contributed by atoms with Gasteiger partial charge in [0.15, 0.2) is 0 Å². The van der Waals surface area contributed by atoms with Crippen molar-refractivity contribution in [2.24, 2.45) is 0 Å². The maximum Gasteiger partial charge on any atom is 0.317 e. The van der Waals surface area contributed by atoms with Crippen LogP contribution in [0.1, 0.15) is 25.3 Å². The molecule has 8 heteroatoms. The van der Waals surface area contributed by atoms with Crippen molar-refractivity contribution in [1.82, 2.24) is 4.90 Å². The highest BCUT2D eigenvalue weighted by atomic mass is 35.5. The molecule has 1 saturated carbocycles. The van der Waals surface area contributed by atoms with Crippen LogP contribution in [0.4, 0.5) is 11.4 Å². The van der Waals surface area contributed by atoms with Crippen LogP contribution in [0, 0.1) is 17.0 Å². The summed E-state index contributed by atoms with van der Waals surface area (Å²) in [6.45, 7) is 4.47. The summed E-state index contributed by atoms with van der Waals surface area (Å²) in [5.74, 6) is -0.822. The van der Waals surface area contributed by atoms with Gasteiger partial charge in [0.05, 0.1) is 22.2 Å². The molecule has 0 aromatic heterocycles. The van der Waals surface area contributed by atoms with Crippen LogP contribution in [-0.2, 0) is 4.79 Å². The lowest BCUT2D eigenvalue weighted by atomic mass is 9.85. The van der Waals surface area contributed by atoms with Crippen LogP contribution in [0.25, 0.3) is 0 Å². The third-order valence-electron chi connectivity index (χ3n) is 4.21. The Morgan fingerprint density at radius 1 is 1.52 bits per heavy atom. The van der Waals surface area contributed by atoms with E-state index in [1.165, 1.54) is 12.1 Å². The number of benzene rings is 1. The van der Waals surface area contributed by atoms with E-state index in [1.807, 2.05) is 11.8 Å². The summed E-state index contributed by atoms with van der Waals surface area (Å²) in [6.07, 6.45) is 1.65. The van der Waals surface area contributed by atoms with Gasteiger partial charge in [-0.2, -0.15) is 0 Å². The number of nitro benzene ring substituents is 1. The maximum absolute atomic E-state index is 10.8. The van der Waals surface area contributed by atoms with Gasteiger partial charge in [-0.3, -0.25) is 19.8 Å². The number of rotatable bonds is 7. The summed E-state index contributed by atoms with van der Waals surface area (Å²) in [5.41, 5.74) is 1.41. The zero-order valence-electron chi connectivity index (χ0n) is 13.1. The smallest absolute Gasteiger partial charge is 0.317 e. The number of nitrogens with one attached hydrogen (secondary N) is 1. The van der Waals surface area contributed by atoms with Crippen LogP contribution < -0.4 is 5.32 Å². The molecule has 7 nitrogen and oxygen atoms in total. The normalized spacial score (nSPS) is 20.2. The lowest BCUT2D eigenvalue weighted by Gasteiger charge is -2.43. The molecule has 0 spiro atoms. The number of nitrogens with zero attached hydrogens (tertiary/aromatic N) is 2. The standard InChI is InChI=1S/C15H20ClN3O4/c1-3-18(8-14(20)21)11-5-10(6-11)17-15-9(2)4-12(19(22)23)7-13(15)16/h4,7,10-11,17H,3,5-6,8H2,1-2H3,(H,20,21). The van der Waals surface area contributed by atoms with Gasteiger partial charge in [-0.25, -0.2) is 0 Å². The fraction of sp³-hybridized carbons (Fsp3) is 0.533. The summed E-state index contributed by atoms with van der Waals surface area (Å²) in [7, 11) is 0. The topological polar surface area (TPSA) is 95.7 Å². The Labute approximate surface area is 139 Å². The van der Waals surface area contributed by atoms with Gasteiger partial charge in [0.25, 0.3) is 5.69 Å². The Morgan fingerprint density at radius 3 is 2.65 bits per heavy atom. The van der Waals surface area contributed by atoms with Crippen molar-refractivity contribution in [3.8, 4) is 0 Å². The average molecular weight is 342 g/mol. The van der Waals surface area contributed by atoms with Crippen molar-refractivity contribution < 1.29 is 14.8 Å². The van der Waals surface area contributed by atoms with E-state index < -0.39 is 10.9 Å². The van der Waals surface area contributed by atoms with Gasteiger partial charge in [-0.1, -0.05) is 18.5 Å². The summed E-state index contributed by atoms with van der Waals surface area (Å²) in [4.78, 5) is 23.1. The van der Waals surface area contributed by atoms with Gasteiger partial charge in [0.1, 0.15) is 0 Å². The first-order valence-electron chi connectivity index (χ1n) is 7.48. The molecule has 1 fully saturated rings. The number of hydrogen-bond donors (Lipinski definition) is 2. The largest absolute Gasteiger partial charge is 0.480 e. The number of aliphatic carboxylic acids is 1. The molecule has 0 radical (unpaired) electrons. The molecule has 1 aliphatic carbocycles. The number of non-ortho nitro benzene ring substituents is 1. The second-order valence-electron chi connectivity index (χ2n) is 5.80. The third kappa shape index (κ3) is 4.11. The van der Waals surface area contributed by atoms with Gasteiger partial charge in [-0.05, 0) is 31.9 Å². The number of aryl methyl sites for hydroxylation is 1. The van der Waals surface area contributed by atoms with Crippen LogP contribution in [0.2, 0.25) is 5.02 Å². The highest BCUT2D eigenvalue weighted by Crippen LogP contribution is 2.35. The molecule has 0 bridgehead atoms. The van der Waals surface area contributed by atoms with Gasteiger partial charge in [0, 0.05) is 24.2 Å². The number of carboxylic acids is 1. The summed E-state index contributed by atoms with van der Waals surface area (Å²) < 4.78 is 0. The minimum atomic E-state index is -0.822. The van der Waals surface area contributed by atoms with Crippen molar-refractivity contribution >= 4 is 28.9 Å². The number of anilines is 1. The Kier molecular flexibility index (Phi) is 5.43. The summed E-state index contributed by atoms with van der Waals surface area (Å²) in [5, 5.41) is 23.4. The average Bonchev–Trinajstić information content (AvgIpc) is 2.41. The predicted molar refractivity (Wildman–Crippen MR) is 88.2 cm³/mol. The van der Waals surface area contributed by atoms with Gasteiger partial charge < -0.3 is 10.4 Å². The van der Waals surface area contributed by atoms with E-state index in [4.69, 9.17) is 16.7 Å². The molecule has 0 amide bonds. The fourth-order valence-corrected chi connectivity index (χ4v) is 3.21. The number of carbonyl (C=O) groups is 1. The van der Waals surface area contributed by atoms with Crippen molar-refractivity contribution in [3.05, 3.63) is 32.8 Å². The third-order valence-corrected chi connectivity index (χ3v) is 4.50. The molecule has 1 aromatic carbocycles. The Hall–Kier alpha value is -1.86. The molecule has 0 aliphatic heterocycles. The molecule has 1 aromatic rings. The van der Waals surface area contributed by atoms with Crippen LogP contribution >= 0.6 is 11.6 Å². The molecule has 1 aliphatic rings. The molecule has 0 saturated heterocycles. The zero-order valence-corrected chi connectivity index (χ0v) is 13.8. The van der Waals surface area contributed by atoms with Crippen LogP contribution in [0.15, 0.2) is 12.1 Å². The van der Waals surface area contributed by atoms with Gasteiger partial charge in [0.2, 0.25) is 0 Å². The number of nitro groups is 1. The molecule has 2 N–H and O–H groups in total. The van der Waals surface area contributed by atoms with E-state index in [2.05, 4.69) is 5.32 Å². The summed E-state index contributed by atoms with van der Waals surface area (Å²) >= 11 is 6.14. The van der Waals surface area contributed by atoms with Gasteiger partial charge in [-0.15, -0.1) is 0 Å². The van der Waals surface area contributed by atoms with E-state index in [-0.39, 0.29) is 24.3 Å². The molecular weight excluding hydrogens is 322 g/mol. The lowest BCUT2D eigenvalue weighted by molar-refractivity contribution is -0.384. The van der Waals surface area contributed by atoms with E-state index in [0.717, 1.165) is 18.4 Å². The number of hydrogen-bond acceptors (Lipinski definition) is 5. The molecule has 0 unspecified atom stereocenters. The minimum absolute atomic E-state index is 0.0249. The molecule has 0 atom stereocenters. The second-order valence-corrected chi connectivity index (χ2v) is 6.21. The molecule has 2 rings (SSSR count). The molecule has 23 heavy (non-hydrogen) atoms. The minimum Gasteiger partial charge on any atom is -0.480 e. The molecule has 0 heterocycles. The predicted octanol–water partition coefficient (Wildman–Crippen LogP) is 2.91. The number of halogens is 1. The van der Waals surface area contributed by atoms with Gasteiger partial charge >= 0.3 is 5.97 Å². The zero-order chi connectivity index (χ0) is 17.1. The Balaban J connectivity index is 1.98. The van der Waals surface area contributed by atoms with Crippen LogP contribution in [0.5, 0.6) is 0 Å². The Bertz CT molecular complexity index is 594.